The van der Waals surface area contributed by atoms with Crippen molar-refractivity contribution >= 4 is 11.9 Å². The van der Waals surface area contributed by atoms with Crippen molar-refractivity contribution in [3.63, 3.8) is 0 Å². The van der Waals surface area contributed by atoms with Crippen molar-refractivity contribution in [1.29, 1.82) is 0 Å². The lowest BCUT2D eigenvalue weighted by atomic mass is 10.0. The molecule has 1 aliphatic rings. The highest BCUT2D eigenvalue weighted by Gasteiger charge is 2.19. The van der Waals surface area contributed by atoms with Crippen LogP contribution in [-0.2, 0) is 9.59 Å². The van der Waals surface area contributed by atoms with Gasteiger partial charge in [0.05, 0.1) is 0 Å². The Bertz CT molecular complexity index is 227. The average molecular weight is 199 g/mol. The smallest absolute Gasteiger partial charge is 0.312 e. The summed E-state index contributed by atoms with van der Waals surface area (Å²) in [4.78, 5) is 23.4. The minimum Gasteiger partial charge on any atom is -0.481 e. The van der Waals surface area contributed by atoms with Crippen LogP contribution < -0.4 is 0 Å². The van der Waals surface area contributed by atoms with Gasteiger partial charge in [0, 0.05) is 13.1 Å². The van der Waals surface area contributed by atoms with E-state index in [0.29, 0.717) is 12.5 Å². The number of carboxylic acids is 1. The molecule has 4 heteroatoms. The molecular weight excluding hydrogens is 182 g/mol. The molecule has 1 rings (SSSR count). The van der Waals surface area contributed by atoms with E-state index < -0.39 is 5.97 Å². The van der Waals surface area contributed by atoms with Crippen molar-refractivity contribution in [1.82, 2.24) is 4.90 Å². The summed E-state index contributed by atoms with van der Waals surface area (Å²) in [5.74, 6) is -0.628. The first-order chi connectivity index (χ1) is 6.59. The molecule has 14 heavy (non-hydrogen) atoms. The number of aliphatic carboxylic acids is 1. The number of hydrogen-bond acceptors (Lipinski definition) is 2. The molecule has 1 N–H and O–H groups in total. The first kappa shape index (κ1) is 11.0. The third kappa shape index (κ3) is 3.36. The van der Waals surface area contributed by atoms with Crippen LogP contribution in [0.3, 0.4) is 0 Å². The fourth-order valence-corrected chi connectivity index (χ4v) is 1.75. The number of amides is 1. The zero-order valence-corrected chi connectivity index (χ0v) is 8.53. The Labute approximate surface area is 83.9 Å². The maximum absolute atomic E-state index is 11.4. The third-order valence-corrected chi connectivity index (χ3v) is 2.67. The van der Waals surface area contributed by atoms with Crippen molar-refractivity contribution in [2.24, 2.45) is 5.92 Å². The van der Waals surface area contributed by atoms with Gasteiger partial charge in [-0.1, -0.05) is 6.92 Å². The second-order valence-electron chi connectivity index (χ2n) is 3.99. The van der Waals surface area contributed by atoms with Gasteiger partial charge in [0.2, 0.25) is 5.91 Å². The van der Waals surface area contributed by atoms with E-state index >= 15 is 0 Å². The number of carbonyl (C=O) groups is 2. The standard InChI is InChI=1S/C10H17NO3/c1-8-3-2-5-11(6-4-8)9(12)7-10(13)14/h8H,2-7H2,1H3,(H,13,14). The molecule has 1 heterocycles. The molecule has 1 fully saturated rings. The Morgan fingerprint density at radius 2 is 2.07 bits per heavy atom. The average Bonchev–Trinajstić information content (AvgIpc) is 2.28. The normalized spacial score (nSPS) is 22.9. The van der Waals surface area contributed by atoms with Crippen LogP contribution >= 0.6 is 0 Å². The van der Waals surface area contributed by atoms with Crippen molar-refractivity contribution < 1.29 is 14.7 Å². The summed E-state index contributed by atoms with van der Waals surface area (Å²) in [6.45, 7) is 3.61. The lowest BCUT2D eigenvalue weighted by Crippen LogP contribution is -2.33. The Balaban J connectivity index is 2.43. The van der Waals surface area contributed by atoms with Gasteiger partial charge in [-0.05, 0) is 25.2 Å². The maximum Gasteiger partial charge on any atom is 0.312 e. The van der Waals surface area contributed by atoms with Gasteiger partial charge in [-0.2, -0.15) is 0 Å². The number of hydrogen-bond donors (Lipinski definition) is 1. The fraction of sp³-hybridized carbons (Fsp3) is 0.800. The predicted molar refractivity (Wildman–Crippen MR) is 51.8 cm³/mol. The Hall–Kier alpha value is -1.06. The first-order valence-corrected chi connectivity index (χ1v) is 5.09. The van der Waals surface area contributed by atoms with Gasteiger partial charge >= 0.3 is 5.97 Å². The van der Waals surface area contributed by atoms with Crippen molar-refractivity contribution in [2.45, 2.75) is 32.6 Å². The molecule has 0 bridgehead atoms. The van der Waals surface area contributed by atoms with Crippen molar-refractivity contribution in [2.75, 3.05) is 13.1 Å². The van der Waals surface area contributed by atoms with Gasteiger partial charge in [0.1, 0.15) is 6.42 Å². The summed E-state index contributed by atoms with van der Waals surface area (Å²) in [6, 6.07) is 0. The molecule has 0 aromatic heterocycles. The summed E-state index contributed by atoms with van der Waals surface area (Å²) in [5, 5.41) is 8.49. The minimum atomic E-state index is -1.03. The molecular formula is C10H17NO3. The number of carbonyl (C=O) groups excluding carboxylic acids is 1. The SMILES string of the molecule is CC1CCCN(C(=O)CC(=O)O)CC1. The zero-order valence-electron chi connectivity index (χ0n) is 8.53. The summed E-state index contributed by atoms with van der Waals surface area (Å²) >= 11 is 0. The monoisotopic (exact) mass is 199 g/mol. The van der Waals surface area contributed by atoms with Gasteiger partial charge in [0.15, 0.2) is 0 Å². The van der Waals surface area contributed by atoms with E-state index in [1.807, 2.05) is 0 Å². The molecule has 0 aromatic carbocycles. The van der Waals surface area contributed by atoms with E-state index in [4.69, 9.17) is 5.11 Å². The second-order valence-corrected chi connectivity index (χ2v) is 3.99. The molecule has 1 atom stereocenters. The molecule has 4 nitrogen and oxygen atoms in total. The largest absolute Gasteiger partial charge is 0.481 e. The van der Waals surface area contributed by atoms with Crippen LogP contribution in [0.2, 0.25) is 0 Å². The van der Waals surface area contributed by atoms with Crippen LogP contribution in [0.15, 0.2) is 0 Å². The third-order valence-electron chi connectivity index (χ3n) is 2.67. The fourth-order valence-electron chi connectivity index (χ4n) is 1.75. The highest BCUT2D eigenvalue weighted by atomic mass is 16.4. The predicted octanol–water partition coefficient (Wildman–Crippen LogP) is 1.11. The molecule has 80 valence electrons. The molecule has 1 amide bonds. The van der Waals surface area contributed by atoms with Gasteiger partial charge in [0.25, 0.3) is 0 Å². The van der Waals surface area contributed by atoms with Gasteiger partial charge < -0.3 is 10.0 Å². The number of likely N-dealkylation sites (tertiary alicyclic amines) is 1. The first-order valence-electron chi connectivity index (χ1n) is 5.09. The van der Waals surface area contributed by atoms with Crippen molar-refractivity contribution in [3.8, 4) is 0 Å². The van der Waals surface area contributed by atoms with E-state index in [9.17, 15) is 9.59 Å². The minimum absolute atomic E-state index is 0.244. The molecule has 0 aromatic rings. The molecule has 1 saturated heterocycles. The highest BCUT2D eigenvalue weighted by Crippen LogP contribution is 2.16. The second kappa shape index (κ2) is 4.98. The van der Waals surface area contributed by atoms with E-state index in [0.717, 1.165) is 25.8 Å². The molecule has 0 saturated carbocycles. The van der Waals surface area contributed by atoms with E-state index in [2.05, 4.69) is 6.92 Å². The molecule has 0 spiro atoms. The van der Waals surface area contributed by atoms with Crippen LogP contribution in [0.25, 0.3) is 0 Å². The molecule has 0 aliphatic carbocycles. The van der Waals surface area contributed by atoms with Crippen LogP contribution in [-0.4, -0.2) is 35.0 Å². The highest BCUT2D eigenvalue weighted by molar-refractivity contribution is 5.93. The van der Waals surface area contributed by atoms with Crippen LogP contribution in [0.1, 0.15) is 32.6 Å². The number of nitrogens with zero attached hydrogens (tertiary/aromatic N) is 1. The number of rotatable bonds is 2. The van der Waals surface area contributed by atoms with Gasteiger partial charge in [-0.3, -0.25) is 9.59 Å². The van der Waals surface area contributed by atoms with Crippen LogP contribution in [0, 0.1) is 5.92 Å². The van der Waals surface area contributed by atoms with Crippen LogP contribution in [0.5, 0.6) is 0 Å². The molecule has 1 unspecified atom stereocenters. The lowest BCUT2D eigenvalue weighted by Gasteiger charge is -2.19. The van der Waals surface area contributed by atoms with Gasteiger partial charge in [-0.25, -0.2) is 0 Å². The summed E-state index contributed by atoms with van der Waals surface area (Å²) < 4.78 is 0. The number of carboxylic acid groups (broad SMARTS) is 1. The Kier molecular flexibility index (Phi) is 3.92. The zero-order chi connectivity index (χ0) is 10.6. The van der Waals surface area contributed by atoms with E-state index in [-0.39, 0.29) is 12.3 Å². The van der Waals surface area contributed by atoms with Gasteiger partial charge in [-0.15, -0.1) is 0 Å². The summed E-state index contributed by atoms with van der Waals surface area (Å²) in [6.07, 6.45) is 2.75. The topological polar surface area (TPSA) is 57.6 Å². The van der Waals surface area contributed by atoms with E-state index in [1.165, 1.54) is 0 Å². The summed E-state index contributed by atoms with van der Waals surface area (Å²) in [7, 11) is 0. The lowest BCUT2D eigenvalue weighted by molar-refractivity contribution is -0.144. The van der Waals surface area contributed by atoms with Crippen molar-refractivity contribution in [3.05, 3.63) is 0 Å². The summed E-state index contributed by atoms with van der Waals surface area (Å²) in [5.41, 5.74) is 0. The Morgan fingerprint density at radius 3 is 2.71 bits per heavy atom. The van der Waals surface area contributed by atoms with Crippen LogP contribution in [0.4, 0.5) is 0 Å². The quantitative estimate of drug-likeness (QED) is 0.678. The maximum atomic E-state index is 11.4. The molecule has 1 aliphatic heterocycles. The molecule has 0 radical (unpaired) electrons. The van der Waals surface area contributed by atoms with E-state index in [1.54, 1.807) is 4.90 Å². The Morgan fingerprint density at radius 1 is 1.36 bits per heavy atom.